The quantitative estimate of drug-likeness (QED) is 0.193. The average Bonchev–Trinajstić information content (AvgIpc) is 3.46. The van der Waals surface area contributed by atoms with Gasteiger partial charge in [0, 0.05) is 20.2 Å². The molecule has 0 atom stereocenters. The number of hydrogen-bond donors (Lipinski definition) is 0. The average molecular weight is 505 g/mol. The van der Waals surface area contributed by atoms with E-state index in [9.17, 15) is 0 Å². The van der Waals surface area contributed by atoms with Crippen LogP contribution in [0.5, 0.6) is 0 Å². The van der Waals surface area contributed by atoms with Gasteiger partial charge in [-0.1, -0.05) is 86.6 Å². The van der Waals surface area contributed by atoms with Gasteiger partial charge in [-0.15, -0.1) is 22.7 Å². The highest BCUT2D eigenvalue weighted by Crippen LogP contribution is 2.44. The van der Waals surface area contributed by atoms with Crippen molar-refractivity contribution >= 4 is 52.2 Å². The van der Waals surface area contributed by atoms with E-state index in [1.807, 2.05) is 22.7 Å². The van der Waals surface area contributed by atoms with Crippen LogP contribution in [0.1, 0.15) is 47.2 Å². The van der Waals surface area contributed by atoms with Crippen LogP contribution in [0.3, 0.4) is 0 Å². The van der Waals surface area contributed by atoms with E-state index >= 15 is 0 Å². The lowest BCUT2D eigenvalue weighted by Gasteiger charge is -2.04. The zero-order valence-electron chi connectivity index (χ0n) is 21.1. The number of fused-ring (bicyclic) bond motifs is 5. The van der Waals surface area contributed by atoms with Crippen molar-refractivity contribution in [2.24, 2.45) is 0 Å². The van der Waals surface area contributed by atoms with Gasteiger partial charge in [0.2, 0.25) is 0 Å². The minimum atomic E-state index is 1.10. The van der Waals surface area contributed by atoms with Gasteiger partial charge in [0.15, 0.2) is 0 Å². The van der Waals surface area contributed by atoms with Gasteiger partial charge in [-0.2, -0.15) is 0 Å². The van der Waals surface area contributed by atoms with Crippen molar-refractivity contribution in [3.63, 3.8) is 0 Å². The predicted molar refractivity (Wildman–Crippen MR) is 161 cm³/mol. The third kappa shape index (κ3) is 4.73. The molecule has 0 fully saturated rings. The van der Waals surface area contributed by atoms with Crippen molar-refractivity contribution in [3.05, 3.63) is 118 Å². The van der Waals surface area contributed by atoms with E-state index < -0.39 is 0 Å². The fraction of sp³-hybridized carbons (Fsp3) is 0.235. The molecule has 0 N–H and O–H groups in total. The lowest BCUT2D eigenvalue weighted by atomic mass is 10.0. The van der Waals surface area contributed by atoms with Gasteiger partial charge in [-0.05, 0) is 84.0 Å². The normalized spacial score (nSPS) is 11.7. The van der Waals surface area contributed by atoms with Crippen LogP contribution in [0, 0.1) is 0 Å². The zero-order valence-corrected chi connectivity index (χ0v) is 22.8. The van der Waals surface area contributed by atoms with Gasteiger partial charge < -0.3 is 0 Å². The molecule has 0 nitrogen and oxygen atoms in total. The summed E-state index contributed by atoms with van der Waals surface area (Å²) in [6.45, 7) is 4.43. The molecule has 0 spiro atoms. The Morgan fingerprint density at radius 2 is 0.750 bits per heavy atom. The van der Waals surface area contributed by atoms with E-state index in [4.69, 9.17) is 0 Å². The number of rotatable bonds is 8. The van der Waals surface area contributed by atoms with Crippen molar-refractivity contribution < 1.29 is 0 Å². The summed E-state index contributed by atoms with van der Waals surface area (Å²) < 4.78 is 5.77. The molecule has 2 aromatic heterocycles. The monoisotopic (exact) mass is 504 g/mol. The second-order valence-corrected chi connectivity index (χ2v) is 12.0. The smallest absolute Gasteiger partial charge is 0.0542 e. The molecule has 2 heterocycles. The lowest BCUT2D eigenvalue weighted by Crippen LogP contribution is -1.91. The predicted octanol–water partition coefficient (Wildman–Crippen LogP) is 9.96. The molecule has 36 heavy (non-hydrogen) atoms. The van der Waals surface area contributed by atoms with E-state index in [-0.39, 0.29) is 0 Å². The Labute approximate surface area is 222 Å². The van der Waals surface area contributed by atoms with Crippen LogP contribution in [0.4, 0.5) is 0 Å². The molecule has 4 aromatic carbocycles. The van der Waals surface area contributed by atoms with Crippen LogP contribution in [-0.4, -0.2) is 0 Å². The van der Waals surface area contributed by atoms with Crippen molar-refractivity contribution in [2.75, 3.05) is 0 Å². The second kappa shape index (κ2) is 10.2. The van der Waals surface area contributed by atoms with Gasteiger partial charge >= 0.3 is 0 Å². The zero-order chi connectivity index (χ0) is 24.5. The molecule has 0 unspecified atom stereocenters. The second-order valence-electron chi connectivity index (χ2n) is 9.86. The maximum Gasteiger partial charge on any atom is 0.0542 e. The Kier molecular flexibility index (Phi) is 6.65. The highest BCUT2D eigenvalue weighted by molar-refractivity contribution is 7.36. The number of thiophene rings is 2. The summed E-state index contributed by atoms with van der Waals surface area (Å²) in [6, 6.07) is 32.5. The third-order valence-electron chi connectivity index (χ3n) is 7.48. The van der Waals surface area contributed by atoms with Crippen LogP contribution in [0.25, 0.3) is 29.6 Å². The summed E-state index contributed by atoms with van der Waals surface area (Å²) in [5.41, 5.74) is 8.57. The molecule has 0 bridgehead atoms. The SMILES string of the molecule is CCc1ccc(CCc2ccc3c(c2)sc2c4ccc(CCc5ccc(CC)cc5)cc4sc32)cc1. The van der Waals surface area contributed by atoms with Gasteiger partial charge in [-0.25, -0.2) is 0 Å². The van der Waals surface area contributed by atoms with Crippen LogP contribution >= 0.6 is 22.7 Å². The molecule has 6 aromatic rings. The van der Waals surface area contributed by atoms with Crippen LogP contribution in [0.2, 0.25) is 0 Å². The van der Waals surface area contributed by atoms with Crippen molar-refractivity contribution in [1.29, 1.82) is 0 Å². The molecular formula is C34H32S2. The first-order valence-corrected chi connectivity index (χ1v) is 14.9. The van der Waals surface area contributed by atoms with Crippen molar-refractivity contribution in [2.45, 2.75) is 52.4 Å². The van der Waals surface area contributed by atoms with Gasteiger partial charge in [-0.3, -0.25) is 0 Å². The van der Waals surface area contributed by atoms with E-state index in [1.54, 1.807) is 0 Å². The minimum Gasteiger partial charge on any atom is -0.134 e. The number of aryl methyl sites for hydroxylation is 6. The molecule has 0 aliphatic rings. The fourth-order valence-corrected chi connectivity index (χ4v) is 7.90. The Hall–Kier alpha value is -2.94. The third-order valence-corrected chi connectivity index (χ3v) is 9.98. The van der Waals surface area contributed by atoms with Crippen molar-refractivity contribution in [1.82, 2.24) is 0 Å². The Bertz CT molecular complexity index is 1500. The van der Waals surface area contributed by atoms with Gasteiger partial charge in [0.1, 0.15) is 0 Å². The summed E-state index contributed by atoms with van der Waals surface area (Å²) in [6.07, 6.45) is 6.61. The summed E-state index contributed by atoms with van der Waals surface area (Å²) in [4.78, 5) is 0. The molecular weight excluding hydrogens is 473 g/mol. The first kappa shape index (κ1) is 23.5. The molecule has 0 aliphatic carbocycles. The summed E-state index contributed by atoms with van der Waals surface area (Å²) >= 11 is 3.94. The maximum atomic E-state index is 2.43. The maximum absolute atomic E-state index is 2.43. The van der Waals surface area contributed by atoms with E-state index in [1.165, 1.54) is 63.0 Å². The Morgan fingerprint density at radius 3 is 1.14 bits per heavy atom. The van der Waals surface area contributed by atoms with Crippen LogP contribution < -0.4 is 0 Å². The summed E-state index contributed by atoms with van der Waals surface area (Å²) in [7, 11) is 0. The van der Waals surface area contributed by atoms with Crippen LogP contribution in [0.15, 0.2) is 84.9 Å². The van der Waals surface area contributed by atoms with E-state index in [2.05, 4.69) is 98.8 Å². The molecule has 180 valence electrons. The summed E-state index contributed by atoms with van der Waals surface area (Å²) in [5, 5.41) is 2.84. The molecule has 0 radical (unpaired) electrons. The molecule has 6 rings (SSSR count). The first-order valence-electron chi connectivity index (χ1n) is 13.2. The minimum absolute atomic E-state index is 1.10. The Balaban J connectivity index is 1.20. The van der Waals surface area contributed by atoms with Gasteiger partial charge in [0.05, 0.1) is 9.40 Å². The molecule has 0 aliphatic heterocycles. The standard InChI is InChI=1S/C34H32S2/c1-3-23-5-9-25(10-6-23)13-15-27-17-19-29-31(21-27)35-34-30-20-18-28(22-32(30)36-33(29)34)16-14-26-11-7-24(4-2)8-12-26/h5-12,17-22H,3-4,13-16H2,1-2H3. The largest absolute Gasteiger partial charge is 0.134 e. The summed E-state index contributed by atoms with van der Waals surface area (Å²) in [5.74, 6) is 0. The Morgan fingerprint density at radius 1 is 0.417 bits per heavy atom. The van der Waals surface area contributed by atoms with Gasteiger partial charge in [0.25, 0.3) is 0 Å². The van der Waals surface area contributed by atoms with Crippen molar-refractivity contribution in [3.8, 4) is 0 Å². The fourth-order valence-electron chi connectivity index (χ4n) is 5.12. The molecule has 0 saturated carbocycles. The molecule has 0 amide bonds. The first-order chi connectivity index (χ1) is 17.7. The van der Waals surface area contributed by atoms with Crippen LogP contribution in [-0.2, 0) is 38.5 Å². The van der Waals surface area contributed by atoms with E-state index in [0.29, 0.717) is 0 Å². The number of benzene rings is 4. The lowest BCUT2D eigenvalue weighted by molar-refractivity contribution is 0.959. The molecule has 0 saturated heterocycles. The number of hydrogen-bond acceptors (Lipinski definition) is 2. The highest BCUT2D eigenvalue weighted by Gasteiger charge is 2.13. The highest BCUT2D eigenvalue weighted by atomic mass is 32.1. The topological polar surface area (TPSA) is 0 Å². The molecule has 2 heteroatoms. The van der Waals surface area contributed by atoms with E-state index in [0.717, 1.165) is 38.5 Å².